The molecule has 0 bridgehead atoms. The number of amides is 1. The number of nitrogens with zero attached hydrogens (tertiary/aromatic N) is 1. The number of likely N-dealkylation sites (tertiary alicyclic amines) is 1. The van der Waals surface area contributed by atoms with Crippen molar-refractivity contribution in [3.05, 3.63) is 60.2 Å². The molecule has 4 heteroatoms. The maximum absolute atomic E-state index is 12.9. The lowest BCUT2D eigenvalue weighted by molar-refractivity contribution is -0.0415. The first kappa shape index (κ1) is 16.3. The molecule has 0 radical (unpaired) electrons. The smallest absolute Gasteiger partial charge is 0.253 e. The van der Waals surface area contributed by atoms with Crippen molar-refractivity contribution in [3.8, 4) is 11.1 Å². The van der Waals surface area contributed by atoms with Gasteiger partial charge in [0, 0.05) is 36.6 Å². The first-order valence-electron chi connectivity index (χ1n) is 8.85. The van der Waals surface area contributed by atoms with Crippen LogP contribution < -0.4 is 0 Å². The highest BCUT2D eigenvalue weighted by atomic mass is 16.5. The van der Waals surface area contributed by atoms with E-state index in [9.17, 15) is 9.90 Å². The van der Waals surface area contributed by atoms with E-state index in [2.05, 4.69) is 12.1 Å². The van der Waals surface area contributed by atoms with Crippen LogP contribution in [0.25, 0.3) is 11.1 Å². The molecular formula is C21H23NO3. The van der Waals surface area contributed by atoms with Gasteiger partial charge in [-0.2, -0.15) is 0 Å². The number of fused-ring (bicyclic) bond motifs is 1. The Morgan fingerprint density at radius 3 is 2.52 bits per heavy atom. The minimum Gasteiger partial charge on any atom is -0.396 e. The van der Waals surface area contributed by atoms with Crippen molar-refractivity contribution < 1.29 is 14.6 Å². The number of benzene rings is 2. The number of rotatable bonds is 3. The number of carbonyl (C=O) groups is 1. The SMILES string of the molecule is O=C(c1ccc(-c2ccccc2)cc1)N1C[C@@H]2COCC[C@]2(CO)C1. The third-order valence-corrected chi connectivity index (χ3v) is 5.72. The molecule has 2 saturated heterocycles. The molecule has 2 fully saturated rings. The van der Waals surface area contributed by atoms with E-state index in [1.807, 2.05) is 47.4 Å². The molecule has 130 valence electrons. The van der Waals surface area contributed by atoms with Gasteiger partial charge in [-0.3, -0.25) is 4.79 Å². The first-order valence-corrected chi connectivity index (χ1v) is 8.85. The van der Waals surface area contributed by atoms with Gasteiger partial charge in [-0.15, -0.1) is 0 Å². The Morgan fingerprint density at radius 1 is 1.12 bits per heavy atom. The molecule has 0 spiro atoms. The highest BCUT2D eigenvalue weighted by Crippen LogP contribution is 2.42. The monoisotopic (exact) mass is 337 g/mol. The molecule has 0 aromatic heterocycles. The Bertz CT molecular complexity index is 743. The van der Waals surface area contributed by atoms with Gasteiger partial charge >= 0.3 is 0 Å². The molecule has 0 saturated carbocycles. The Kier molecular flexibility index (Phi) is 4.32. The molecule has 2 atom stereocenters. The summed E-state index contributed by atoms with van der Waals surface area (Å²) in [7, 11) is 0. The molecule has 2 heterocycles. The van der Waals surface area contributed by atoms with E-state index in [1.54, 1.807) is 0 Å². The predicted octanol–water partition coefficient (Wildman–Crippen LogP) is 2.82. The number of aliphatic hydroxyl groups is 1. The van der Waals surface area contributed by atoms with E-state index in [4.69, 9.17) is 4.74 Å². The summed E-state index contributed by atoms with van der Waals surface area (Å²) in [5.74, 6) is 0.278. The van der Waals surface area contributed by atoms with E-state index < -0.39 is 0 Å². The molecule has 25 heavy (non-hydrogen) atoms. The lowest BCUT2D eigenvalue weighted by atomic mass is 9.75. The molecule has 1 amide bonds. The summed E-state index contributed by atoms with van der Waals surface area (Å²) in [6.45, 7) is 2.72. The highest BCUT2D eigenvalue weighted by Gasteiger charge is 2.49. The minimum atomic E-state index is -0.183. The van der Waals surface area contributed by atoms with E-state index in [1.165, 1.54) is 0 Å². The standard InChI is InChI=1S/C21H23NO3/c23-15-21-10-11-25-13-19(21)12-22(14-21)20(24)18-8-6-17(7-9-18)16-4-2-1-3-5-16/h1-9,19,23H,10-15H2/t19-,21-/m1/s1. The molecule has 1 N–H and O–H groups in total. The van der Waals surface area contributed by atoms with Gasteiger partial charge in [-0.05, 0) is 29.7 Å². The number of carbonyl (C=O) groups excluding carboxylic acids is 1. The van der Waals surface area contributed by atoms with Crippen LogP contribution in [0.3, 0.4) is 0 Å². The van der Waals surface area contributed by atoms with Crippen molar-refractivity contribution in [3.63, 3.8) is 0 Å². The van der Waals surface area contributed by atoms with Crippen LogP contribution in [0.5, 0.6) is 0 Å². The second-order valence-corrected chi connectivity index (χ2v) is 7.17. The fraction of sp³-hybridized carbons (Fsp3) is 0.381. The van der Waals surface area contributed by atoms with Gasteiger partial charge in [0.2, 0.25) is 0 Å². The van der Waals surface area contributed by atoms with Crippen LogP contribution in [-0.4, -0.2) is 48.8 Å². The van der Waals surface area contributed by atoms with Crippen LogP contribution in [0, 0.1) is 11.3 Å². The van der Waals surface area contributed by atoms with E-state index >= 15 is 0 Å². The summed E-state index contributed by atoms with van der Waals surface area (Å²) < 4.78 is 5.56. The predicted molar refractivity (Wildman–Crippen MR) is 96.2 cm³/mol. The summed E-state index contributed by atoms with van der Waals surface area (Å²) in [4.78, 5) is 14.8. The third kappa shape index (κ3) is 2.96. The van der Waals surface area contributed by atoms with Gasteiger partial charge in [-0.1, -0.05) is 42.5 Å². The lowest BCUT2D eigenvalue weighted by Crippen LogP contribution is -2.41. The number of hydrogen-bond donors (Lipinski definition) is 1. The summed E-state index contributed by atoms with van der Waals surface area (Å²) in [5.41, 5.74) is 2.77. The lowest BCUT2D eigenvalue weighted by Gasteiger charge is -2.36. The van der Waals surface area contributed by atoms with Crippen LogP contribution in [0.15, 0.2) is 54.6 Å². The van der Waals surface area contributed by atoms with Gasteiger partial charge in [-0.25, -0.2) is 0 Å². The summed E-state index contributed by atoms with van der Waals surface area (Å²) in [5, 5.41) is 9.89. The first-order chi connectivity index (χ1) is 12.2. The van der Waals surface area contributed by atoms with Crippen molar-refractivity contribution >= 4 is 5.91 Å². The Hall–Kier alpha value is -2.17. The number of hydrogen-bond acceptors (Lipinski definition) is 3. The van der Waals surface area contributed by atoms with Crippen LogP contribution >= 0.6 is 0 Å². The molecule has 2 aliphatic heterocycles. The number of aliphatic hydroxyl groups excluding tert-OH is 1. The maximum atomic E-state index is 12.9. The Balaban J connectivity index is 1.52. The van der Waals surface area contributed by atoms with Crippen LogP contribution in [0.4, 0.5) is 0 Å². The topological polar surface area (TPSA) is 49.8 Å². The van der Waals surface area contributed by atoms with Crippen molar-refractivity contribution in [1.29, 1.82) is 0 Å². The van der Waals surface area contributed by atoms with Gasteiger partial charge in [0.05, 0.1) is 13.2 Å². The largest absolute Gasteiger partial charge is 0.396 e. The zero-order valence-electron chi connectivity index (χ0n) is 14.2. The maximum Gasteiger partial charge on any atom is 0.253 e. The Labute approximate surface area is 148 Å². The quantitative estimate of drug-likeness (QED) is 0.937. The van der Waals surface area contributed by atoms with Gasteiger partial charge in [0.1, 0.15) is 0 Å². The van der Waals surface area contributed by atoms with Gasteiger partial charge < -0.3 is 14.7 Å². The van der Waals surface area contributed by atoms with Crippen molar-refractivity contribution in [2.45, 2.75) is 6.42 Å². The molecule has 2 aromatic rings. The van der Waals surface area contributed by atoms with E-state index in [-0.39, 0.29) is 23.8 Å². The van der Waals surface area contributed by atoms with Crippen LogP contribution in [-0.2, 0) is 4.74 Å². The average molecular weight is 337 g/mol. The normalized spacial score (nSPS) is 25.6. The fourth-order valence-electron chi connectivity index (χ4n) is 4.08. The summed E-state index contributed by atoms with van der Waals surface area (Å²) in [6, 6.07) is 17.9. The molecule has 2 aromatic carbocycles. The fourth-order valence-corrected chi connectivity index (χ4v) is 4.08. The number of ether oxygens (including phenoxy) is 1. The van der Waals surface area contributed by atoms with Crippen molar-refractivity contribution in [2.24, 2.45) is 11.3 Å². The van der Waals surface area contributed by atoms with Gasteiger partial charge in [0.15, 0.2) is 0 Å². The van der Waals surface area contributed by atoms with E-state index in [0.29, 0.717) is 31.9 Å². The summed E-state index contributed by atoms with van der Waals surface area (Å²) >= 11 is 0. The highest BCUT2D eigenvalue weighted by molar-refractivity contribution is 5.95. The van der Waals surface area contributed by atoms with Crippen LogP contribution in [0.2, 0.25) is 0 Å². The van der Waals surface area contributed by atoms with Gasteiger partial charge in [0.25, 0.3) is 5.91 Å². The minimum absolute atomic E-state index is 0.0434. The van der Waals surface area contributed by atoms with Crippen molar-refractivity contribution in [1.82, 2.24) is 4.90 Å². The molecule has 4 rings (SSSR count). The molecule has 0 unspecified atom stereocenters. The summed E-state index contributed by atoms with van der Waals surface area (Å²) in [6.07, 6.45) is 0.824. The molecule has 4 nitrogen and oxygen atoms in total. The second-order valence-electron chi connectivity index (χ2n) is 7.17. The van der Waals surface area contributed by atoms with Crippen molar-refractivity contribution in [2.75, 3.05) is 32.9 Å². The zero-order chi connectivity index (χ0) is 17.3. The zero-order valence-corrected chi connectivity index (χ0v) is 14.2. The second kappa shape index (κ2) is 6.62. The van der Waals surface area contributed by atoms with E-state index in [0.717, 1.165) is 17.5 Å². The average Bonchev–Trinajstić information content (AvgIpc) is 3.08. The molecule has 2 aliphatic rings. The molecular weight excluding hydrogens is 314 g/mol. The van der Waals surface area contributed by atoms with Crippen LogP contribution in [0.1, 0.15) is 16.8 Å². The molecule has 0 aliphatic carbocycles. The Morgan fingerprint density at radius 2 is 1.84 bits per heavy atom. The third-order valence-electron chi connectivity index (χ3n) is 5.72.